The molecule has 94 valence electrons. The molecule has 0 amide bonds. The molecule has 5 heteroatoms. The van der Waals surface area contributed by atoms with Gasteiger partial charge in [0.1, 0.15) is 0 Å². The van der Waals surface area contributed by atoms with Crippen molar-refractivity contribution in [1.29, 1.82) is 0 Å². The first-order valence-corrected chi connectivity index (χ1v) is 6.13. The second kappa shape index (κ2) is 5.58. The average Bonchev–Trinajstić information content (AvgIpc) is 2.24. The zero-order chi connectivity index (χ0) is 13.1. The lowest BCUT2D eigenvalue weighted by molar-refractivity contribution is -0.0885. The Morgan fingerprint density at radius 3 is 2.53 bits per heavy atom. The van der Waals surface area contributed by atoms with E-state index in [9.17, 15) is 18.0 Å². The lowest BCUT2D eigenvalue weighted by atomic mass is 10.1. The quantitative estimate of drug-likeness (QED) is 0.598. The van der Waals surface area contributed by atoms with Crippen molar-refractivity contribution in [3.8, 4) is 0 Å². The molecule has 1 aromatic carbocycles. The van der Waals surface area contributed by atoms with Gasteiger partial charge in [-0.05, 0) is 18.1 Å². The summed E-state index contributed by atoms with van der Waals surface area (Å²) in [7, 11) is 0. The van der Waals surface area contributed by atoms with Gasteiger partial charge in [0.25, 0.3) is 5.78 Å². The van der Waals surface area contributed by atoms with E-state index < -0.39 is 12.0 Å². The SMILES string of the molecule is CC(C)CSc1cccc(C(=O)C(F)(F)F)c1. The van der Waals surface area contributed by atoms with E-state index in [0.29, 0.717) is 10.8 Å². The van der Waals surface area contributed by atoms with Crippen molar-refractivity contribution in [3.05, 3.63) is 29.8 Å². The van der Waals surface area contributed by atoms with Gasteiger partial charge in [-0.2, -0.15) is 13.2 Å². The number of carbonyl (C=O) groups is 1. The topological polar surface area (TPSA) is 17.1 Å². The molecule has 0 radical (unpaired) electrons. The van der Waals surface area contributed by atoms with Crippen LogP contribution in [0.2, 0.25) is 0 Å². The van der Waals surface area contributed by atoms with Crippen LogP contribution in [0.3, 0.4) is 0 Å². The highest BCUT2D eigenvalue weighted by atomic mass is 32.2. The molecular weight excluding hydrogens is 249 g/mol. The van der Waals surface area contributed by atoms with Gasteiger partial charge in [-0.15, -0.1) is 11.8 Å². The van der Waals surface area contributed by atoms with E-state index >= 15 is 0 Å². The van der Waals surface area contributed by atoms with Crippen LogP contribution in [0, 0.1) is 5.92 Å². The fraction of sp³-hybridized carbons (Fsp3) is 0.417. The van der Waals surface area contributed by atoms with Crippen molar-refractivity contribution in [1.82, 2.24) is 0 Å². The Morgan fingerprint density at radius 2 is 2.00 bits per heavy atom. The van der Waals surface area contributed by atoms with Gasteiger partial charge in [-0.3, -0.25) is 4.79 Å². The number of carbonyl (C=O) groups excluding carboxylic acids is 1. The Hall–Kier alpha value is -0.970. The molecule has 0 N–H and O–H groups in total. The van der Waals surface area contributed by atoms with Crippen molar-refractivity contribution in [2.75, 3.05) is 5.75 Å². The summed E-state index contributed by atoms with van der Waals surface area (Å²) in [4.78, 5) is 11.7. The van der Waals surface area contributed by atoms with Gasteiger partial charge in [0.2, 0.25) is 0 Å². The molecule has 17 heavy (non-hydrogen) atoms. The fourth-order valence-electron chi connectivity index (χ4n) is 1.15. The van der Waals surface area contributed by atoms with Crippen LogP contribution >= 0.6 is 11.8 Å². The Labute approximate surface area is 102 Å². The second-order valence-corrected chi connectivity index (χ2v) is 5.15. The number of rotatable bonds is 4. The minimum atomic E-state index is -4.80. The minimum absolute atomic E-state index is 0.300. The highest BCUT2D eigenvalue weighted by molar-refractivity contribution is 7.99. The molecule has 0 fully saturated rings. The van der Waals surface area contributed by atoms with Crippen LogP contribution in [0.15, 0.2) is 29.2 Å². The monoisotopic (exact) mass is 262 g/mol. The first-order valence-electron chi connectivity index (χ1n) is 5.15. The molecule has 0 unspecified atom stereocenters. The molecule has 1 aromatic rings. The molecule has 0 bridgehead atoms. The first kappa shape index (κ1) is 14.1. The predicted octanol–water partition coefficient (Wildman–Crippen LogP) is 4.18. The molecule has 0 spiro atoms. The van der Waals surface area contributed by atoms with E-state index in [1.54, 1.807) is 6.07 Å². The molecule has 1 nitrogen and oxygen atoms in total. The second-order valence-electron chi connectivity index (χ2n) is 4.06. The average molecular weight is 262 g/mol. The predicted molar refractivity (Wildman–Crippen MR) is 62.4 cm³/mol. The third kappa shape index (κ3) is 4.42. The van der Waals surface area contributed by atoms with Crippen LogP contribution in [0.1, 0.15) is 24.2 Å². The Bertz CT molecular complexity index is 399. The lowest BCUT2D eigenvalue weighted by Crippen LogP contribution is -2.22. The summed E-state index contributed by atoms with van der Waals surface area (Å²) in [6.07, 6.45) is -4.80. The van der Waals surface area contributed by atoms with Crippen LogP contribution in [-0.4, -0.2) is 17.7 Å². The summed E-state index contributed by atoms with van der Waals surface area (Å²) >= 11 is 1.45. The molecule has 0 aliphatic carbocycles. The number of hydrogen-bond acceptors (Lipinski definition) is 2. The zero-order valence-corrected chi connectivity index (χ0v) is 10.4. The van der Waals surface area contributed by atoms with E-state index in [0.717, 1.165) is 5.75 Å². The van der Waals surface area contributed by atoms with Gasteiger partial charge in [0.15, 0.2) is 0 Å². The third-order valence-corrected chi connectivity index (χ3v) is 3.36. The smallest absolute Gasteiger partial charge is 0.284 e. The summed E-state index contributed by atoms with van der Waals surface area (Å²) in [6, 6.07) is 5.67. The molecule has 0 heterocycles. The number of alkyl halides is 3. The molecule has 0 aliphatic rings. The van der Waals surface area contributed by atoms with Crippen LogP contribution in [-0.2, 0) is 0 Å². The number of Topliss-reactive ketones (excluding diaryl/α,β-unsaturated/α-hetero) is 1. The van der Waals surface area contributed by atoms with E-state index in [4.69, 9.17) is 0 Å². The third-order valence-electron chi connectivity index (χ3n) is 1.94. The zero-order valence-electron chi connectivity index (χ0n) is 9.54. The Balaban J connectivity index is 2.83. The van der Waals surface area contributed by atoms with E-state index in [1.807, 2.05) is 13.8 Å². The number of thioether (sulfide) groups is 1. The van der Waals surface area contributed by atoms with Crippen molar-refractivity contribution in [2.45, 2.75) is 24.9 Å². The largest absolute Gasteiger partial charge is 0.454 e. The Kier molecular flexibility index (Phi) is 4.62. The molecular formula is C12H13F3OS. The molecule has 0 aromatic heterocycles. The van der Waals surface area contributed by atoms with Crippen LogP contribution < -0.4 is 0 Å². The van der Waals surface area contributed by atoms with Crippen LogP contribution in [0.5, 0.6) is 0 Å². The standard InChI is InChI=1S/C12H13F3OS/c1-8(2)7-17-10-5-3-4-9(6-10)11(16)12(13,14)15/h3-6,8H,7H2,1-2H3. The lowest BCUT2D eigenvalue weighted by Gasteiger charge is -2.08. The van der Waals surface area contributed by atoms with Gasteiger partial charge < -0.3 is 0 Å². The highest BCUT2D eigenvalue weighted by Crippen LogP contribution is 2.26. The number of halogens is 3. The summed E-state index contributed by atoms with van der Waals surface area (Å²) in [5.41, 5.74) is -0.300. The summed E-state index contributed by atoms with van der Waals surface area (Å²) < 4.78 is 36.7. The fourth-order valence-corrected chi connectivity index (χ4v) is 2.06. The number of ketones is 1. The molecule has 0 saturated heterocycles. The minimum Gasteiger partial charge on any atom is -0.284 e. The Morgan fingerprint density at radius 1 is 1.35 bits per heavy atom. The molecule has 1 rings (SSSR count). The molecule has 0 atom stereocenters. The van der Waals surface area contributed by atoms with E-state index in [-0.39, 0.29) is 5.56 Å². The first-order chi connectivity index (χ1) is 7.80. The van der Waals surface area contributed by atoms with E-state index in [2.05, 4.69) is 0 Å². The molecule has 0 aliphatic heterocycles. The van der Waals surface area contributed by atoms with Crippen molar-refractivity contribution >= 4 is 17.5 Å². The number of benzene rings is 1. The van der Waals surface area contributed by atoms with Crippen LogP contribution in [0.25, 0.3) is 0 Å². The van der Waals surface area contributed by atoms with Gasteiger partial charge in [-0.1, -0.05) is 26.0 Å². The highest BCUT2D eigenvalue weighted by Gasteiger charge is 2.39. The van der Waals surface area contributed by atoms with Crippen molar-refractivity contribution in [2.24, 2.45) is 5.92 Å². The van der Waals surface area contributed by atoms with Crippen LogP contribution in [0.4, 0.5) is 13.2 Å². The maximum atomic E-state index is 12.2. The van der Waals surface area contributed by atoms with Gasteiger partial charge in [0, 0.05) is 16.2 Å². The van der Waals surface area contributed by atoms with Crippen molar-refractivity contribution < 1.29 is 18.0 Å². The van der Waals surface area contributed by atoms with E-state index in [1.165, 1.54) is 30.0 Å². The maximum absolute atomic E-state index is 12.2. The maximum Gasteiger partial charge on any atom is 0.454 e. The summed E-state index contributed by atoms with van der Waals surface area (Å²) in [5, 5.41) is 0. The van der Waals surface area contributed by atoms with Crippen molar-refractivity contribution in [3.63, 3.8) is 0 Å². The normalized spacial score (nSPS) is 11.9. The van der Waals surface area contributed by atoms with Gasteiger partial charge in [-0.25, -0.2) is 0 Å². The van der Waals surface area contributed by atoms with Gasteiger partial charge >= 0.3 is 6.18 Å². The van der Waals surface area contributed by atoms with Gasteiger partial charge in [0.05, 0.1) is 0 Å². The number of hydrogen-bond donors (Lipinski definition) is 0. The summed E-state index contributed by atoms with van der Waals surface area (Å²) in [6.45, 7) is 4.05. The molecule has 0 saturated carbocycles. The summed E-state index contributed by atoms with van der Waals surface area (Å²) in [5.74, 6) is -0.532.